The Kier molecular flexibility index (Phi) is 2.10. The number of hydrogen-bond donors (Lipinski definition) is 2. The number of rotatable bonds is 0. The van der Waals surface area contributed by atoms with Crippen LogP contribution in [-0.2, 0) is 0 Å². The first-order chi connectivity index (χ1) is 11.9. The number of fused-ring (bicyclic) bond motifs is 9. The van der Waals surface area contributed by atoms with Crippen LogP contribution in [0.5, 0.6) is 0 Å². The van der Waals surface area contributed by atoms with Crippen LogP contribution in [0.15, 0.2) is 66.9 Å². The minimum atomic E-state index is 1.04. The van der Waals surface area contributed by atoms with Crippen LogP contribution in [0.3, 0.4) is 0 Å². The maximum atomic E-state index is 4.74. The molecule has 24 heavy (non-hydrogen) atoms. The van der Waals surface area contributed by atoms with E-state index >= 15 is 0 Å². The van der Waals surface area contributed by atoms with Gasteiger partial charge in [-0.15, -0.1) is 0 Å². The zero-order chi connectivity index (χ0) is 15.7. The average molecular weight is 307 g/mol. The molecule has 6 rings (SSSR count). The fourth-order valence-corrected chi connectivity index (χ4v) is 3.90. The third-order valence-electron chi connectivity index (χ3n) is 4.98. The molecule has 0 saturated carbocycles. The van der Waals surface area contributed by atoms with Crippen LogP contribution in [0, 0.1) is 0 Å². The zero-order valence-corrected chi connectivity index (χ0v) is 12.8. The maximum Gasteiger partial charge on any atom is 0.0965 e. The maximum absolute atomic E-state index is 4.74. The average Bonchev–Trinajstić information content (AvgIpc) is 3.19. The molecule has 3 heterocycles. The van der Waals surface area contributed by atoms with Crippen LogP contribution in [0.25, 0.3) is 54.5 Å². The van der Waals surface area contributed by atoms with Gasteiger partial charge in [0.1, 0.15) is 0 Å². The second-order valence-corrected chi connectivity index (χ2v) is 6.28. The predicted octanol–water partition coefficient (Wildman–Crippen LogP) is 5.50. The Morgan fingerprint density at radius 2 is 1.46 bits per heavy atom. The van der Waals surface area contributed by atoms with E-state index in [4.69, 9.17) is 4.98 Å². The molecule has 0 atom stereocenters. The first-order valence-electron chi connectivity index (χ1n) is 8.09. The molecule has 0 bridgehead atoms. The fourth-order valence-electron chi connectivity index (χ4n) is 3.90. The minimum Gasteiger partial charge on any atom is -0.353 e. The Morgan fingerprint density at radius 3 is 2.42 bits per heavy atom. The van der Waals surface area contributed by atoms with Gasteiger partial charge in [0.15, 0.2) is 0 Å². The van der Waals surface area contributed by atoms with Gasteiger partial charge in [-0.05, 0) is 17.5 Å². The molecule has 6 aromatic rings. The van der Waals surface area contributed by atoms with Gasteiger partial charge in [-0.3, -0.25) is 4.98 Å². The third kappa shape index (κ3) is 1.39. The number of nitrogens with one attached hydrogen (secondary N) is 2. The molecule has 2 N–H and O–H groups in total. The highest BCUT2D eigenvalue weighted by atomic mass is 14.8. The topological polar surface area (TPSA) is 44.5 Å². The van der Waals surface area contributed by atoms with Crippen molar-refractivity contribution in [3.8, 4) is 0 Å². The van der Waals surface area contributed by atoms with E-state index in [1.807, 2.05) is 6.20 Å². The van der Waals surface area contributed by atoms with Crippen LogP contribution >= 0.6 is 0 Å². The Bertz CT molecular complexity index is 1400. The monoisotopic (exact) mass is 307 g/mol. The van der Waals surface area contributed by atoms with Gasteiger partial charge in [-0.2, -0.15) is 0 Å². The molecule has 3 heteroatoms. The number of H-pyrrole nitrogens is 2. The highest BCUT2D eigenvalue weighted by Crippen LogP contribution is 2.36. The van der Waals surface area contributed by atoms with Crippen molar-refractivity contribution in [2.75, 3.05) is 0 Å². The van der Waals surface area contributed by atoms with Crippen LogP contribution in [0.1, 0.15) is 0 Å². The van der Waals surface area contributed by atoms with E-state index in [1.54, 1.807) is 0 Å². The third-order valence-corrected chi connectivity index (χ3v) is 4.98. The first-order valence-corrected chi connectivity index (χ1v) is 8.09. The molecule has 0 amide bonds. The summed E-state index contributed by atoms with van der Waals surface area (Å²) < 4.78 is 0. The summed E-state index contributed by atoms with van der Waals surface area (Å²) in [5, 5.41) is 6.11. The van der Waals surface area contributed by atoms with E-state index in [2.05, 4.69) is 70.6 Å². The van der Waals surface area contributed by atoms with Gasteiger partial charge in [0.2, 0.25) is 0 Å². The zero-order valence-electron chi connectivity index (χ0n) is 12.8. The predicted molar refractivity (Wildman–Crippen MR) is 100 cm³/mol. The van der Waals surface area contributed by atoms with E-state index < -0.39 is 0 Å². The summed E-state index contributed by atoms with van der Waals surface area (Å²) in [5.41, 5.74) is 5.52. The highest BCUT2D eigenvalue weighted by Gasteiger charge is 2.14. The molecule has 3 nitrogen and oxygen atoms in total. The van der Waals surface area contributed by atoms with E-state index in [1.165, 1.54) is 26.9 Å². The van der Waals surface area contributed by atoms with Crippen molar-refractivity contribution in [3.63, 3.8) is 0 Å². The number of benzene rings is 3. The molecule has 0 fully saturated rings. The van der Waals surface area contributed by atoms with Crippen LogP contribution in [-0.4, -0.2) is 15.0 Å². The summed E-state index contributed by atoms with van der Waals surface area (Å²) in [7, 11) is 0. The Hall–Kier alpha value is -3.33. The Morgan fingerprint density at radius 1 is 0.625 bits per heavy atom. The van der Waals surface area contributed by atoms with Gasteiger partial charge in [0, 0.05) is 27.1 Å². The molecular formula is C21H13N3. The Balaban J connectivity index is 1.92. The summed E-state index contributed by atoms with van der Waals surface area (Å²) in [6, 6.07) is 21.2. The molecule has 0 radical (unpaired) electrons. The van der Waals surface area contributed by atoms with Gasteiger partial charge < -0.3 is 9.97 Å². The lowest BCUT2D eigenvalue weighted by molar-refractivity contribution is 1.42. The molecule has 0 aliphatic carbocycles. The second kappa shape index (κ2) is 4.15. The Labute approximate surface area is 136 Å². The van der Waals surface area contributed by atoms with Crippen molar-refractivity contribution in [1.29, 1.82) is 0 Å². The van der Waals surface area contributed by atoms with E-state index in [9.17, 15) is 0 Å². The van der Waals surface area contributed by atoms with Gasteiger partial charge >= 0.3 is 0 Å². The number of nitrogens with zero attached hydrogens (tertiary/aromatic N) is 1. The molecule has 0 aliphatic rings. The first kappa shape index (κ1) is 12.1. The molecule has 0 unspecified atom stereocenters. The molecule has 3 aromatic carbocycles. The van der Waals surface area contributed by atoms with E-state index in [-0.39, 0.29) is 0 Å². The van der Waals surface area contributed by atoms with Crippen LogP contribution < -0.4 is 0 Å². The molecular weight excluding hydrogens is 294 g/mol. The lowest BCUT2D eigenvalue weighted by atomic mass is 10.1. The standard InChI is InChI=1S/C21H13N3/c1-2-6-13-12(5-1)9-10-15-19(13)24-21-18-14-7-3-4-8-16(14)23-17(18)11-22-20(15)21/h1-11,23-24H. The van der Waals surface area contributed by atoms with Crippen molar-refractivity contribution < 1.29 is 0 Å². The number of para-hydroxylation sites is 1. The van der Waals surface area contributed by atoms with E-state index in [0.29, 0.717) is 0 Å². The number of aromatic nitrogens is 3. The van der Waals surface area contributed by atoms with Crippen molar-refractivity contribution in [3.05, 3.63) is 66.9 Å². The molecule has 0 spiro atoms. The van der Waals surface area contributed by atoms with E-state index in [0.717, 1.165) is 27.6 Å². The largest absolute Gasteiger partial charge is 0.353 e. The lowest BCUT2D eigenvalue weighted by Gasteiger charge is -1.98. The molecule has 3 aromatic heterocycles. The summed E-state index contributed by atoms with van der Waals surface area (Å²) in [6.45, 7) is 0. The molecule has 112 valence electrons. The summed E-state index contributed by atoms with van der Waals surface area (Å²) in [6.07, 6.45) is 1.94. The minimum absolute atomic E-state index is 1.04. The normalized spacial score (nSPS) is 12.2. The number of aromatic amines is 2. The number of hydrogen-bond acceptors (Lipinski definition) is 1. The molecule has 0 saturated heterocycles. The van der Waals surface area contributed by atoms with Crippen molar-refractivity contribution in [2.24, 2.45) is 0 Å². The lowest BCUT2D eigenvalue weighted by Crippen LogP contribution is -1.76. The second-order valence-electron chi connectivity index (χ2n) is 6.28. The quantitative estimate of drug-likeness (QED) is 0.382. The summed E-state index contributed by atoms with van der Waals surface area (Å²) in [5.74, 6) is 0. The summed E-state index contributed by atoms with van der Waals surface area (Å²) >= 11 is 0. The SMILES string of the molecule is c1ccc2c(c1)ccc1c3ncc4[nH]c5ccccc5c4c3[nH]c21. The smallest absolute Gasteiger partial charge is 0.0965 e. The van der Waals surface area contributed by atoms with Crippen molar-refractivity contribution in [1.82, 2.24) is 15.0 Å². The van der Waals surface area contributed by atoms with Crippen molar-refractivity contribution in [2.45, 2.75) is 0 Å². The van der Waals surface area contributed by atoms with Crippen LogP contribution in [0.2, 0.25) is 0 Å². The van der Waals surface area contributed by atoms with Gasteiger partial charge in [-0.1, -0.05) is 48.5 Å². The number of pyridine rings is 1. The van der Waals surface area contributed by atoms with Crippen LogP contribution in [0.4, 0.5) is 0 Å². The van der Waals surface area contributed by atoms with Gasteiger partial charge in [0.25, 0.3) is 0 Å². The summed E-state index contributed by atoms with van der Waals surface area (Å²) in [4.78, 5) is 11.9. The van der Waals surface area contributed by atoms with Crippen molar-refractivity contribution >= 4 is 54.5 Å². The van der Waals surface area contributed by atoms with Gasteiger partial charge in [0.05, 0.1) is 28.3 Å². The highest BCUT2D eigenvalue weighted by molar-refractivity contribution is 6.25. The molecule has 0 aliphatic heterocycles. The van der Waals surface area contributed by atoms with Gasteiger partial charge in [-0.25, -0.2) is 0 Å². The fraction of sp³-hybridized carbons (Fsp3) is 0.